The summed E-state index contributed by atoms with van der Waals surface area (Å²) in [7, 11) is 0. The van der Waals surface area contributed by atoms with Gasteiger partial charge in [-0.3, -0.25) is 9.59 Å². The van der Waals surface area contributed by atoms with Gasteiger partial charge in [-0.05, 0) is 36.1 Å². The van der Waals surface area contributed by atoms with Crippen LogP contribution in [0.4, 0.5) is 0 Å². The highest BCUT2D eigenvalue weighted by Crippen LogP contribution is 2.18. The lowest BCUT2D eigenvalue weighted by Crippen LogP contribution is -2.50. The Bertz CT molecular complexity index is 777. The number of amides is 2. The average Bonchev–Trinajstić information content (AvgIpc) is 2.75. The zero-order valence-electron chi connectivity index (χ0n) is 18.1. The predicted molar refractivity (Wildman–Crippen MR) is 123 cm³/mol. The number of rotatable bonds is 12. The number of hydrogen-bond acceptors (Lipinski definition) is 2. The van der Waals surface area contributed by atoms with E-state index in [0.717, 1.165) is 36.8 Å². The predicted octanol–water partition coefficient (Wildman–Crippen LogP) is 5.39. The van der Waals surface area contributed by atoms with Crippen LogP contribution in [0.3, 0.4) is 0 Å². The Morgan fingerprint density at radius 3 is 2.27 bits per heavy atom. The second-order valence-corrected chi connectivity index (χ2v) is 8.04. The van der Waals surface area contributed by atoms with Gasteiger partial charge in [-0.1, -0.05) is 80.8 Å². The number of carbonyl (C=O) groups is 2. The minimum Gasteiger partial charge on any atom is -0.354 e. The number of carbonyl (C=O) groups excluding carboxylic acids is 2. The van der Waals surface area contributed by atoms with Gasteiger partial charge in [-0.15, -0.1) is 0 Å². The summed E-state index contributed by atoms with van der Waals surface area (Å²) in [5, 5.41) is 3.71. The maximum Gasteiger partial charge on any atom is 0.243 e. The molecular weight excluding hydrogens is 396 g/mol. The van der Waals surface area contributed by atoms with Crippen molar-refractivity contribution >= 4 is 23.4 Å². The average molecular weight is 429 g/mol. The molecule has 0 radical (unpaired) electrons. The van der Waals surface area contributed by atoms with Crippen molar-refractivity contribution in [2.75, 3.05) is 6.54 Å². The maximum absolute atomic E-state index is 13.2. The molecule has 4 nitrogen and oxygen atoms in total. The van der Waals surface area contributed by atoms with Crippen LogP contribution in [0.15, 0.2) is 54.6 Å². The minimum absolute atomic E-state index is 0.00270. The van der Waals surface area contributed by atoms with Crippen LogP contribution < -0.4 is 5.32 Å². The molecule has 0 aliphatic heterocycles. The lowest BCUT2D eigenvalue weighted by Gasteiger charge is -2.31. The summed E-state index contributed by atoms with van der Waals surface area (Å²) in [6.07, 6.45) is 4.77. The smallest absolute Gasteiger partial charge is 0.243 e. The summed E-state index contributed by atoms with van der Waals surface area (Å²) in [6, 6.07) is 16.8. The number of benzene rings is 2. The molecule has 1 atom stereocenters. The van der Waals surface area contributed by atoms with Crippen LogP contribution in [-0.2, 0) is 22.6 Å². The van der Waals surface area contributed by atoms with Crippen molar-refractivity contribution in [3.05, 3.63) is 70.7 Å². The van der Waals surface area contributed by atoms with Crippen LogP contribution in [0.5, 0.6) is 0 Å². The fourth-order valence-electron chi connectivity index (χ4n) is 3.40. The normalized spacial score (nSPS) is 11.7. The van der Waals surface area contributed by atoms with Gasteiger partial charge in [0.25, 0.3) is 0 Å². The summed E-state index contributed by atoms with van der Waals surface area (Å²) in [6.45, 7) is 5.14. The quantitative estimate of drug-likeness (QED) is 0.461. The molecule has 0 saturated carbocycles. The van der Waals surface area contributed by atoms with Crippen molar-refractivity contribution in [3.63, 3.8) is 0 Å². The van der Waals surface area contributed by atoms with Crippen molar-refractivity contribution in [1.82, 2.24) is 10.2 Å². The fourth-order valence-corrected chi connectivity index (χ4v) is 3.53. The third kappa shape index (κ3) is 7.83. The topological polar surface area (TPSA) is 49.4 Å². The van der Waals surface area contributed by atoms with Crippen molar-refractivity contribution < 1.29 is 9.59 Å². The highest BCUT2D eigenvalue weighted by Gasteiger charge is 2.29. The molecule has 0 aliphatic rings. The van der Waals surface area contributed by atoms with Crippen LogP contribution in [-0.4, -0.2) is 29.3 Å². The number of unbranched alkanes of at least 4 members (excludes halogenated alkanes) is 2. The van der Waals surface area contributed by atoms with Gasteiger partial charge in [0.15, 0.2) is 0 Å². The number of nitrogens with zero attached hydrogens (tertiary/aromatic N) is 1. The molecule has 0 unspecified atom stereocenters. The molecule has 0 saturated heterocycles. The zero-order valence-corrected chi connectivity index (χ0v) is 18.8. The van der Waals surface area contributed by atoms with Crippen LogP contribution >= 0.6 is 11.6 Å². The molecule has 1 N–H and O–H groups in total. The van der Waals surface area contributed by atoms with Gasteiger partial charge in [-0.2, -0.15) is 0 Å². The molecule has 0 fully saturated rings. The van der Waals surface area contributed by atoms with Crippen molar-refractivity contribution in [2.24, 2.45) is 0 Å². The zero-order chi connectivity index (χ0) is 21.8. The van der Waals surface area contributed by atoms with E-state index < -0.39 is 6.04 Å². The van der Waals surface area contributed by atoms with Gasteiger partial charge < -0.3 is 10.2 Å². The third-order valence-corrected chi connectivity index (χ3v) is 5.33. The molecule has 2 aromatic rings. The molecule has 2 rings (SSSR count). The van der Waals surface area contributed by atoms with E-state index in [4.69, 9.17) is 11.6 Å². The first kappa shape index (κ1) is 23.9. The lowest BCUT2D eigenvalue weighted by molar-refractivity contribution is -0.141. The second kappa shape index (κ2) is 13.1. The Balaban J connectivity index is 2.27. The van der Waals surface area contributed by atoms with Gasteiger partial charge in [0.2, 0.25) is 11.8 Å². The van der Waals surface area contributed by atoms with Crippen LogP contribution in [0.25, 0.3) is 0 Å². The van der Waals surface area contributed by atoms with E-state index in [0.29, 0.717) is 31.0 Å². The van der Waals surface area contributed by atoms with E-state index in [9.17, 15) is 9.59 Å². The molecule has 0 bridgehead atoms. The first-order valence-corrected chi connectivity index (χ1v) is 11.3. The monoisotopic (exact) mass is 428 g/mol. The molecular formula is C25H33ClN2O2. The second-order valence-electron chi connectivity index (χ2n) is 7.60. The highest BCUT2D eigenvalue weighted by atomic mass is 35.5. The molecule has 30 heavy (non-hydrogen) atoms. The molecule has 0 heterocycles. The Labute approximate surface area is 185 Å². The summed E-state index contributed by atoms with van der Waals surface area (Å²) < 4.78 is 0. The SMILES string of the molecule is CCCCCNC(=O)[C@H](Cc1ccccc1)N(Cc1ccc(Cl)cc1)C(=O)CCC. The maximum atomic E-state index is 13.2. The number of nitrogens with one attached hydrogen (secondary N) is 1. The molecule has 2 amide bonds. The van der Waals surface area contributed by atoms with Gasteiger partial charge in [0.05, 0.1) is 0 Å². The number of hydrogen-bond donors (Lipinski definition) is 1. The Hall–Kier alpha value is -2.33. The number of halogens is 1. The summed E-state index contributed by atoms with van der Waals surface area (Å²) in [4.78, 5) is 28.0. The Morgan fingerprint density at radius 2 is 1.63 bits per heavy atom. The first-order valence-electron chi connectivity index (χ1n) is 10.9. The van der Waals surface area contributed by atoms with Gasteiger partial charge in [0.1, 0.15) is 6.04 Å². The van der Waals surface area contributed by atoms with E-state index in [1.54, 1.807) is 4.90 Å². The summed E-state index contributed by atoms with van der Waals surface area (Å²) in [5.41, 5.74) is 2.00. The molecule has 0 aromatic heterocycles. The van der Waals surface area contributed by atoms with E-state index in [1.807, 2.05) is 61.5 Å². The van der Waals surface area contributed by atoms with E-state index in [-0.39, 0.29) is 11.8 Å². The van der Waals surface area contributed by atoms with E-state index >= 15 is 0 Å². The largest absolute Gasteiger partial charge is 0.354 e. The molecule has 0 aliphatic carbocycles. The molecule has 5 heteroatoms. The minimum atomic E-state index is -0.552. The van der Waals surface area contributed by atoms with Gasteiger partial charge >= 0.3 is 0 Å². The highest BCUT2D eigenvalue weighted by molar-refractivity contribution is 6.30. The summed E-state index contributed by atoms with van der Waals surface area (Å²) >= 11 is 6.02. The standard InChI is InChI=1S/C25H33ClN2O2/c1-3-5-9-17-27-25(30)23(18-20-11-7-6-8-12-20)28(24(29)10-4-2)19-21-13-15-22(26)16-14-21/h6-8,11-16,23H,3-5,9-10,17-19H2,1-2H3,(H,27,30)/t23-/m0/s1. The van der Waals surface area contributed by atoms with Gasteiger partial charge in [-0.25, -0.2) is 0 Å². The molecule has 2 aromatic carbocycles. The molecule has 0 spiro atoms. The summed E-state index contributed by atoms with van der Waals surface area (Å²) in [5.74, 6) is -0.0922. The Morgan fingerprint density at radius 1 is 0.933 bits per heavy atom. The van der Waals surface area contributed by atoms with E-state index in [1.165, 1.54) is 0 Å². The van der Waals surface area contributed by atoms with Crippen LogP contribution in [0.2, 0.25) is 5.02 Å². The van der Waals surface area contributed by atoms with E-state index in [2.05, 4.69) is 12.2 Å². The van der Waals surface area contributed by atoms with Crippen molar-refractivity contribution in [2.45, 2.75) is 65.0 Å². The third-order valence-electron chi connectivity index (χ3n) is 5.08. The molecule has 162 valence electrons. The lowest BCUT2D eigenvalue weighted by atomic mass is 10.0. The first-order chi connectivity index (χ1) is 14.5. The van der Waals surface area contributed by atoms with Crippen LogP contribution in [0.1, 0.15) is 57.1 Å². The fraction of sp³-hybridized carbons (Fsp3) is 0.440. The van der Waals surface area contributed by atoms with Gasteiger partial charge in [0, 0.05) is 31.0 Å². The van der Waals surface area contributed by atoms with Crippen molar-refractivity contribution in [1.29, 1.82) is 0 Å². The van der Waals surface area contributed by atoms with Crippen LogP contribution in [0, 0.1) is 0 Å². The van der Waals surface area contributed by atoms with Crippen molar-refractivity contribution in [3.8, 4) is 0 Å². The Kier molecular flexibility index (Phi) is 10.4.